The summed E-state index contributed by atoms with van der Waals surface area (Å²) >= 11 is 12.1. The Kier molecular flexibility index (Phi) is 4.39. The summed E-state index contributed by atoms with van der Waals surface area (Å²) in [6.45, 7) is 6.65. The molecule has 1 saturated carbocycles. The van der Waals surface area contributed by atoms with E-state index in [4.69, 9.17) is 23.2 Å². The maximum Gasteiger partial charge on any atom is 0.154 e. The van der Waals surface area contributed by atoms with E-state index >= 15 is 0 Å². The topological polar surface area (TPSA) is 24.9 Å². The lowest BCUT2D eigenvalue weighted by Crippen LogP contribution is -2.30. The van der Waals surface area contributed by atoms with Gasteiger partial charge in [0.1, 0.15) is 5.15 Å². The molecular formula is C14H20Cl2N2. The van der Waals surface area contributed by atoms with E-state index < -0.39 is 0 Å². The molecular weight excluding hydrogens is 267 g/mol. The van der Waals surface area contributed by atoms with Crippen molar-refractivity contribution in [1.29, 1.82) is 0 Å². The van der Waals surface area contributed by atoms with Gasteiger partial charge in [0.25, 0.3) is 0 Å². The number of nitrogens with one attached hydrogen (secondary N) is 1. The van der Waals surface area contributed by atoms with E-state index in [1.165, 1.54) is 19.3 Å². The fourth-order valence-electron chi connectivity index (χ4n) is 3.04. The Morgan fingerprint density at radius 1 is 1.17 bits per heavy atom. The minimum absolute atomic E-state index is 0.452. The van der Waals surface area contributed by atoms with Crippen molar-refractivity contribution in [2.45, 2.75) is 46.1 Å². The zero-order valence-corrected chi connectivity index (χ0v) is 12.6. The van der Waals surface area contributed by atoms with E-state index in [1.807, 2.05) is 13.0 Å². The first kappa shape index (κ1) is 14.0. The van der Waals surface area contributed by atoms with E-state index in [-0.39, 0.29) is 0 Å². The van der Waals surface area contributed by atoms with E-state index in [2.05, 4.69) is 24.1 Å². The summed E-state index contributed by atoms with van der Waals surface area (Å²) in [5, 5.41) is 4.48. The van der Waals surface area contributed by atoms with Crippen LogP contribution in [0.3, 0.4) is 0 Å². The van der Waals surface area contributed by atoms with Crippen LogP contribution in [0.2, 0.25) is 10.3 Å². The quantitative estimate of drug-likeness (QED) is 0.780. The normalized spacial score (nSPS) is 28.2. The van der Waals surface area contributed by atoms with Crippen LogP contribution in [-0.4, -0.2) is 11.0 Å². The summed E-state index contributed by atoms with van der Waals surface area (Å²) in [4.78, 5) is 4.11. The second-order valence-corrected chi connectivity index (χ2v) is 6.43. The van der Waals surface area contributed by atoms with Gasteiger partial charge in [-0.15, -0.1) is 0 Å². The van der Waals surface area contributed by atoms with Crippen molar-refractivity contribution in [1.82, 2.24) is 4.98 Å². The Morgan fingerprint density at radius 2 is 1.78 bits per heavy atom. The first-order valence-corrected chi connectivity index (χ1v) is 7.30. The molecule has 1 aliphatic carbocycles. The highest BCUT2D eigenvalue weighted by Crippen LogP contribution is 2.33. The number of halogens is 2. The summed E-state index contributed by atoms with van der Waals surface area (Å²) in [7, 11) is 0. The first-order valence-electron chi connectivity index (χ1n) is 6.55. The van der Waals surface area contributed by atoms with Gasteiger partial charge < -0.3 is 5.32 Å². The summed E-state index contributed by atoms with van der Waals surface area (Å²) in [5.74, 6) is 1.54. The van der Waals surface area contributed by atoms with Crippen LogP contribution in [-0.2, 0) is 0 Å². The monoisotopic (exact) mass is 286 g/mol. The minimum atomic E-state index is 0.452. The molecule has 0 aliphatic heterocycles. The molecule has 2 unspecified atom stereocenters. The Morgan fingerprint density at radius 3 is 2.33 bits per heavy atom. The summed E-state index contributed by atoms with van der Waals surface area (Å²) in [6, 6.07) is 2.34. The number of aryl methyl sites for hydroxylation is 1. The Hall–Kier alpha value is -0.470. The van der Waals surface area contributed by atoms with Crippen LogP contribution < -0.4 is 5.32 Å². The van der Waals surface area contributed by atoms with Crippen LogP contribution in [0.5, 0.6) is 0 Å². The third-order valence-corrected chi connectivity index (χ3v) is 4.14. The van der Waals surface area contributed by atoms with Gasteiger partial charge in [-0.1, -0.05) is 37.0 Å². The molecule has 0 saturated heterocycles. The molecule has 0 bridgehead atoms. The molecule has 18 heavy (non-hydrogen) atoms. The molecule has 1 aliphatic rings. The molecule has 0 spiro atoms. The number of aromatic nitrogens is 1. The number of nitrogens with zero attached hydrogens (tertiary/aromatic N) is 1. The smallest absolute Gasteiger partial charge is 0.154 e. The van der Waals surface area contributed by atoms with Crippen LogP contribution in [0.4, 0.5) is 5.69 Å². The molecule has 0 amide bonds. The molecule has 1 N–H and O–H groups in total. The predicted molar refractivity (Wildman–Crippen MR) is 78.6 cm³/mol. The van der Waals surface area contributed by atoms with E-state index in [0.29, 0.717) is 16.3 Å². The van der Waals surface area contributed by atoms with Gasteiger partial charge in [0.05, 0.1) is 5.69 Å². The average molecular weight is 287 g/mol. The van der Waals surface area contributed by atoms with Crippen LogP contribution >= 0.6 is 23.2 Å². The van der Waals surface area contributed by atoms with Gasteiger partial charge in [0.15, 0.2) is 5.15 Å². The zero-order chi connectivity index (χ0) is 13.3. The maximum atomic E-state index is 6.17. The highest BCUT2D eigenvalue weighted by atomic mass is 35.5. The van der Waals surface area contributed by atoms with Crippen molar-refractivity contribution in [2.24, 2.45) is 11.8 Å². The third kappa shape index (κ3) is 3.30. The Bertz CT molecular complexity index is 401. The van der Waals surface area contributed by atoms with Gasteiger partial charge in [0.2, 0.25) is 0 Å². The van der Waals surface area contributed by atoms with Crippen molar-refractivity contribution in [3.8, 4) is 0 Å². The van der Waals surface area contributed by atoms with E-state index in [0.717, 1.165) is 23.1 Å². The molecule has 1 fully saturated rings. The van der Waals surface area contributed by atoms with Gasteiger partial charge in [-0.25, -0.2) is 4.98 Å². The van der Waals surface area contributed by atoms with Crippen molar-refractivity contribution < 1.29 is 0 Å². The minimum Gasteiger partial charge on any atom is -0.380 e. The number of pyridine rings is 1. The van der Waals surface area contributed by atoms with E-state index in [1.54, 1.807) is 0 Å². The van der Waals surface area contributed by atoms with Crippen LogP contribution in [0, 0.1) is 18.8 Å². The standard InChI is InChI=1S/C14H20Cl2N2/c1-8-4-9(2)6-11(5-8)17-13-10(3)7-12(15)18-14(13)16/h7-9,11,17H,4-6H2,1-3H3. The summed E-state index contributed by atoms with van der Waals surface area (Å²) in [6.07, 6.45) is 3.72. The number of rotatable bonds is 2. The summed E-state index contributed by atoms with van der Waals surface area (Å²) < 4.78 is 0. The predicted octanol–water partition coefficient (Wildman–Crippen LogP) is 4.93. The Labute approximate surface area is 119 Å². The first-order chi connectivity index (χ1) is 8.45. The number of hydrogen-bond acceptors (Lipinski definition) is 2. The van der Waals surface area contributed by atoms with Crippen molar-refractivity contribution >= 4 is 28.9 Å². The second kappa shape index (κ2) is 5.66. The fraction of sp³-hybridized carbons (Fsp3) is 0.643. The van der Waals surface area contributed by atoms with Crippen molar-refractivity contribution in [2.75, 3.05) is 5.32 Å². The van der Waals surface area contributed by atoms with Crippen LogP contribution in [0.1, 0.15) is 38.7 Å². The second-order valence-electron chi connectivity index (χ2n) is 5.69. The third-order valence-electron chi connectivity index (χ3n) is 3.67. The molecule has 2 nitrogen and oxygen atoms in total. The molecule has 1 aromatic rings. The molecule has 1 heterocycles. The number of anilines is 1. The molecule has 2 rings (SSSR count). The molecule has 0 aromatic carbocycles. The SMILES string of the molecule is Cc1cc(Cl)nc(Cl)c1NC1CC(C)CC(C)C1. The van der Waals surface area contributed by atoms with Gasteiger partial charge >= 0.3 is 0 Å². The van der Waals surface area contributed by atoms with Gasteiger partial charge in [-0.3, -0.25) is 0 Å². The molecule has 100 valence electrons. The molecule has 4 heteroatoms. The van der Waals surface area contributed by atoms with Crippen LogP contribution in [0.25, 0.3) is 0 Å². The highest BCUT2D eigenvalue weighted by molar-refractivity contribution is 6.34. The highest BCUT2D eigenvalue weighted by Gasteiger charge is 2.24. The van der Waals surface area contributed by atoms with Crippen molar-refractivity contribution in [3.05, 3.63) is 21.9 Å². The lowest BCUT2D eigenvalue weighted by atomic mass is 9.80. The molecule has 2 atom stereocenters. The Balaban J connectivity index is 2.14. The largest absolute Gasteiger partial charge is 0.380 e. The number of hydrogen-bond donors (Lipinski definition) is 1. The van der Waals surface area contributed by atoms with Gasteiger partial charge in [0, 0.05) is 6.04 Å². The van der Waals surface area contributed by atoms with Crippen LogP contribution in [0.15, 0.2) is 6.07 Å². The van der Waals surface area contributed by atoms with Crippen molar-refractivity contribution in [3.63, 3.8) is 0 Å². The van der Waals surface area contributed by atoms with E-state index in [9.17, 15) is 0 Å². The maximum absolute atomic E-state index is 6.17. The lowest BCUT2D eigenvalue weighted by molar-refractivity contribution is 0.281. The molecule has 0 radical (unpaired) electrons. The van der Waals surface area contributed by atoms with Gasteiger partial charge in [-0.05, 0) is 49.7 Å². The average Bonchev–Trinajstić information content (AvgIpc) is 2.22. The van der Waals surface area contributed by atoms with Gasteiger partial charge in [-0.2, -0.15) is 0 Å². The lowest BCUT2D eigenvalue weighted by Gasteiger charge is -2.33. The fourth-order valence-corrected chi connectivity index (χ4v) is 3.62. The zero-order valence-electron chi connectivity index (χ0n) is 11.1. The summed E-state index contributed by atoms with van der Waals surface area (Å²) in [5.41, 5.74) is 2.00. The molecule has 1 aromatic heterocycles.